The summed E-state index contributed by atoms with van der Waals surface area (Å²) in [4.78, 5) is 12.4. The van der Waals surface area contributed by atoms with Crippen molar-refractivity contribution in [3.63, 3.8) is 0 Å². The highest BCUT2D eigenvalue weighted by molar-refractivity contribution is 9.10. The van der Waals surface area contributed by atoms with Crippen LogP contribution in [0, 0.1) is 0 Å². The third-order valence-corrected chi connectivity index (χ3v) is 4.10. The van der Waals surface area contributed by atoms with Crippen molar-refractivity contribution < 1.29 is 19.0 Å². The first kappa shape index (κ1) is 18.3. The summed E-state index contributed by atoms with van der Waals surface area (Å²) in [6.07, 6.45) is 0. The van der Waals surface area contributed by atoms with Crippen LogP contribution in [0.15, 0.2) is 40.9 Å². The largest absolute Gasteiger partial charge is 0.493 e. The zero-order chi connectivity index (χ0) is 17.5. The molecular formula is C18H20BrNO4. The van der Waals surface area contributed by atoms with Gasteiger partial charge in [-0.2, -0.15) is 0 Å². The predicted molar refractivity (Wildman–Crippen MR) is 95.6 cm³/mol. The van der Waals surface area contributed by atoms with Crippen molar-refractivity contribution in [3.05, 3.63) is 57.6 Å². The molecule has 0 aliphatic carbocycles. The highest BCUT2D eigenvalue weighted by Crippen LogP contribution is 2.36. The first-order chi connectivity index (χ1) is 11.6. The number of hydrogen-bond donors (Lipinski definition) is 1. The normalized spacial score (nSPS) is 10.3. The molecule has 0 saturated heterocycles. The van der Waals surface area contributed by atoms with Gasteiger partial charge in [-0.15, -0.1) is 0 Å². The summed E-state index contributed by atoms with van der Waals surface area (Å²) in [7, 11) is 4.76. The van der Waals surface area contributed by atoms with Gasteiger partial charge in [-0.3, -0.25) is 4.79 Å². The smallest absolute Gasteiger partial charge is 0.251 e. The van der Waals surface area contributed by atoms with Crippen molar-refractivity contribution in [1.29, 1.82) is 0 Å². The van der Waals surface area contributed by atoms with Crippen LogP contribution in [0.5, 0.6) is 11.5 Å². The molecule has 2 rings (SSSR count). The second-order valence-electron chi connectivity index (χ2n) is 5.09. The number of methoxy groups -OCH3 is 3. The topological polar surface area (TPSA) is 56.8 Å². The Morgan fingerprint density at radius 1 is 1.12 bits per heavy atom. The van der Waals surface area contributed by atoms with Crippen LogP contribution in [0.4, 0.5) is 0 Å². The van der Waals surface area contributed by atoms with Crippen molar-refractivity contribution in [1.82, 2.24) is 5.32 Å². The van der Waals surface area contributed by atoms with E-state index < -0.39 is 0 Å². The summed E-state index contributed by atoms with van der Waals surface area (Å²) >= 11 is 3.45. The number of benzene rings is 2. The Morgan fingerprint density at radius 2 is 1.88 bits per heavy atom. The molecule has 0 aliphatic rings. The van der Waals surface area contributed by atoms with Gasteiger partial charge < -0.3 is 19.5 Å². The molecule has 6 heteroatoms. The van der Waals surface area contributed by atoms with Crippen molar-refractivity contribution >= 4 is 21.8 Å². The van der Waals surface area contributed by atoms with Gasteiger partial charge >= 0.3 is 0 Å². The highest BCUT2D eigenvalue weighted by Gasteiger charge is 2.13. The van der Waals surface area contributed by atoms with E-state index in [9.17, 15) is 4.79 Å². The molecule has 0 radical (unpaired) electrons. The van der Waals surface area contributed by atoms with Crippen LogP contribution in [0.25, 0.3) is 0 Å². The molecule has 0 spiro atoms. The van der Waals surface area contributed by atoms with E-state index in [0.717, 1.165) is 15.6 Å². The van der Waals surface area contributed by atoms with Crippen molar-refractivity contribution in [3.8, 4) is 11.5 Å². The van der Waals surface area contributed by atoms with E-state index in [4.69, 9.17) is 14.2 Å². The molecular weight excluding hydrogens is 374 g/mol. The number of amides is 1. The maximum Gasteiger partial charge on any atom is 0.251 e. The van der Waals surface area contributed by atoms with Crippen LogP contribution in [0.2, 0.25) is 0 Å². The molecule has 1 N–H and O–H groups in total. The third kappa shape index (κ3) is 4.27. The van der Waals surface area contributed by atoms with E-state index in [1.807, 2.05) is 30.3 Å². The van der Waals surface area contributed by atoms with Gasteiger partial charge in [0.15, 0.2) is 11.5 Å². The second kappa shape index (κ2) is 8.70. The quantitative estimate of drug-likeness (QED) is 0.781. The summed E-state index contributed by atoms with van der Waals surface area (Å²) in [5.74, 6) is 1.09. The SMILES string of the molecule is COCc1ccccc1C(=O)NCc1cc(Br)c(OC)c(OC)c1. The number of hydrogen-bond acceptors (Lipinski definition) is 4. The third-order valence-electron chi connectivity index (χ3n) is 3.51. The van der Waals surface area contributed by atoms with Gasteiger partial charge in [0.05, 0.1) is 25.3 Å². The predicted octanol–water partition coefficient (Wildman–Crippen LogP) is 3.54. The lowest BCUT2D eigenvalue weighted by molar-refractivity contribution is 0.0946. The average molecular weight is 394 g/mol. The van der Waals surface area contributed by atoms with Crippen molar-refractivity contribution in [2.45, 2.75) is 13.2 Å². The molecule has 24 heavy (non-hydrogen) atoms. The van der Waals surface area contributed by atoms with Crippen molar-refractivity contribution in [2.24, 2.45) is 0 Å². The van der Waals surface area contributed by atoms with Gasteiger partial charge in [0, 0.05) is 19.2 Å². The fraction of sp³-hybridized carbons (Fsp3) is 0.278. The molecule has 0 aromatic heterocycles. The molecule has 0 aliphatic heterocycles. The van der Waals surface area contributed by atoms with E-state index in [-0.39, 0.29) is 5.91 Å². The van der Waals surface area contributed by atoms with Gasteiger partial charge in [-0.05, 0) is 45.3 Å². The average Bonchev–Trinajstić information content (AvgIpc) is 2.59. The van der Waals surface area contributed by atoms with Crippen LogP contribution < -0.4 is 14.8 Å². The maximum atomic E-state index is 12.4. The molecule has 128 valence electrons. The molecule has 2 aromatic carbocycles. The van der Waals surface area contributed by atoms with E-state index in [2.05, 4.69) is 21.2 Å². The molecule has 5 nitrogen and oxygen atoms in total. The minimum atomic E-state index is -0.145. The van der Waals surface area contributed by atoms with E-state index in [0.29, 0.717) is 30.2 Å². The zero-order valence-corrected chi connectivity index (χ0v) is 15.5. The monoisotopic (exact) mass is 393 g/mol. The maximum absolute atomic E-state index is 12.4. The Kier molecular flexibility index (Phi) is 6.63. The Bertz CT molecular complexity index is 718. The summed E-state index contributed by atoms with van der Waals surface area (Å²) in [6.45, 7) is 0.768. The number of halogens is 1. The van der Waals surface area contributed by atoms with Crippen LogP contribution in [-0.2, 0) is 17.9 Å². The lowest BCUT2D eigenvalue weighted by Crippen LogP contribution is -2.24. The Labute approximate surface area is 150 Å². The van der Waals surface area contributed by atoms with Crippen LogP contribution >= 0.6 is 15.9 Å². The van der Waals surface area contributed by atoms with Gasteiger partial charge in [0.1, 0.15) is 0 Å². The molecule has 0 fully saturated rings. The standard InChI is InChI=1S/C18H20BrNO4/c1-22-11-13-6-4-5-7-14(13)18(21)20-10-12-8-15(19)17(24-3)16(9-12)23-2/h4-9H,10-11H2,1-3H3,(H,20,21). The summed E-state index contributed by atoms with van der Waals surface area (Å²) in [6, 6.07) is 11.1. The molecule has 1 amide bonds. The molecule has 0 bridgehead atoms. The van der Waals surface area contributed by atoms with Crippen LogP contribution in [-0.4, -0.2) is 27.2 Å². The van der Waals surface area contributed by atoms with Crippen LogP contribution in [0.1, 0.15) is 21.5 Å². The Hall–Kier alpha value is -2.05. The Balaban J connectivity index is 2.14. The zero-order valence-electron chi connectivity index (χ0n) is 13.9. The molecule has 0 atom stereocenters. The minimum Gasteiger partial charge on any atom is -0.493 e. The number of nitrogens with one attached hydrogen (secondary N) is 1. The van der Waals surface area contributed by atoms with Gasteiger partial charge in [-0.25, -0.2) is 0 Å². The summed E-state index contributed by atoms with van der Waals surface area (Å²) in [5, 5.41) is 2.92. The summed E-state index contributed by atoms with van der Waals surface area (Å²) < 4.78 is 16.5. The van der Waals surface area contributed by atoms with E-state index >= 15 is 0 Å². The first-order valence-corrected chi connectivity index (χ1v) is 8.15. The van der Waals surface area contributed by atoms with Gasteiger partial charge in [0.25, 0.3) is 5.91 Å². The lowest BCUT2D eigenvalue weighted by atomic mass is 10.1. The first-order valence-electron chi connectivity index (χ1n) is 7.36. The van der Waals surface area contributed by atoms with Crippen molar-refractivity contribution in [2.75, 3.05) is 21.3 Å². The number of ether oxygens (including phenoxy) is 3. The molecule has 0 unspecified atom stereocenters. The summed E-state index contributed by atoms with van der Waals surface area (Å²) in [5.41, 5.74) is 2.36. The highest BCUT2D eigenvalue weighted by atomic mass is 79.9. The molecule has 0 saturated carbocycles. The number of rotatable bonds is 7. The van der Waals surface area contributed by atoms with Crippen LogP contribution in [0.3, 0.4) is 0 Å². The second-order valence-corrected chi connectivity index (χ2v) is 5.94. The van der Waals surface area contributed by atoms with Gasteiger partial charge in [0.2, 0.25) is 0 Å². The number of carbonyl (C=O) groups excluding carboxylic acids is 1. The molecule has 0 heterocycles. The Morgan fingerprint density at radius 3 is 2.54 bits per heavy atom. The minimum absolute atomic E-state index is 0.145. The van der Waals surface area contributed by atoms with E-state index in [1.54, 1.807) is 27.4 Å². The van der Waals surface area contributed by atoms with E-state index in [1.165, 1.54) is 0 Å². The fourth-order valence-electron chi connectivity index (χ4n) is 2.37. The lowest BCUT2D eigenvalue weighted by Gasteiger charge is -2.13. The number of carbonyl (C=O) groups is 1. The molecule has 2 aromatic rings. The fourth-order valence-corrected chi connectivity index (χ4v) is 3.03. The van der Waals surface area contributed by atoms with Gasteiger partial charge in [-0.1, -0.05) is 18.2 Å².